The Bertz CT molecular complexity index is 654. The summed E-state index contributed by atoms with van der Waals surface area (Å²) in [5.41, 5.74) is 2.79. The van der Waals surface area contributed by atoms with Gasteiger partial charge in [-0.25, -0.2) is 0 Å². The third-order valence-electron chi connectivity index (χ3n) is 3.22. The summed E-state index contributed by atoms with van der Waals surface area (Å²) < 4.78 is 0. The van der Waals surface area contributed by atoms with Crippen molar-refractivity contribution in [1.82, 2.24) is 10.3 Å². The maximum Gasteiger partial charge on any atom is 0.253 e. The molecule has 20 heavy (non-hydrogen) atoms. The molecule has 2 aromatic rings. The minimum atomic E-state index is -0.125. The summed E-state index contributed by atoms with van der Waals surface area (Å²) in [6.45, 7) is 10.5. The molecule has 0 aliphatic carbocycles. The third-order valence-corrected chi connectivity index (χ3v) is 3.22. The highest BCUT2D eigenvalue weighted by molar-refractivity contribution is 5.97. The van der Waals surface area contributed by atoms with E-state index in [1.54, 1.807) is 12.3 Å². The van der Waals surface area contributed by atoms with Crippen LogP contribution < -0.4 is 5.32 Å². The van der Waals surface area contributed by atoms with E-state index in [4.69, 9.17) is 0 Å². The standard InChI is InChI=1S/C17H20N2O/c1-5-8-18-16(20)13-9-12-10-14(17(2,3)4)6-7-15(12)19-11-13/h5-7,9-11H,1,8H2,2-4H3,(H,18,20). The predicted molar refractivity (Wildman–Crippen MR) is 83.0 cm³/mol. The van der Waals surface area contributed by atoms with Crippen molar-refractivity contribution in [1.29, 1.82) is 0 Å². The van der Waals surface area contributed by atoms with Crippen molar-refractivity contribution in [3.8, 4) is 0 Å². The number of hydrogen-bond acceptors (Lipinski definition) is 2. The molecular formula is C17H20N2O. The molecule has 0 spiro atoms. The molecule has 1 aromatic carbocycles. The fraction of sp³-hybridized carbons (Fsp3) is 0.294. The third kappa shape index (κ3) is 3.05. The average Bonchev–Trinajstić information content (AvgIpc) is 2.42. The van der Waals surface area contributed by atoms with E-state index in [9.17, 15) is 4.79 Å². The zero-order valence-electron chi connectivity index (χ0n) is 12.2. The van der Waals surface area contributed by atoms with E-state index >= 15 is 0 Å². The van der Waals surface area contributed by atoms with Crippen LogP contribution in [-0.4, -0.2) is 17.4 Å². The number of carbonyl (C=O) groups excluding carboxylic acids is 1. The summed E-state index contributed by atoms with van der Waals surface area (Å²) in [5.74, 6) is -0.125. The summed E-state index contributed by atoms with van der Waals surface area (Å²) in [7, 11) is 0. The van der Waals surface area contributed by atoms with Crippen LogP contribution in [0, 0.1) is 0 Å². The van der Waals surface area contributed by atoms with Crippen molar-refractivity contribution >= 4 is 16.8 Å². The van der Waals surface area contributed by atoms with Gasteiger partial charge in [-0.3, -0.25) is 9.78 Å². The van der Waals surface area contributed by atoms with Crippen molar-refractivity contribution in [2.45, 2.75) is 26.2 Å². The highest BCUT2D eigenvalue weighted by atomic mass is 16.1. The number of carbonyl (C=O) groups is 1. The second kappa shape index (κ2) is 5.45. The van der Waals surface area contributed by atoms with E-state index in [1.165, 1.54) is 5.56 Å². The Labute approximate surface area is 119 Å². The molecule has 3 nitrogen and oxygen atoms in total. The molecule has 0 aliphatic rings. The van der Waals surface area contributed by atoms with Crippen LogP contribution >= 0.6 is 0 Å². The van der Waals surface area contributed by atoms with Gasteiger partial charge in [0, 0.05) is 18.1 Å². The smallest absolute Gasteiger partial charge is 0.253 e. The molecule has 0 bridgehead atoms. The van der Waals surface area contributed by atoms with E-state index in [0.717, 1.165) is 10.9 Å². The van der Waals surface area contributed by atoms with Crippen LogP contribution in [0.25, 0.3) is 10.9 Å². The Morgan fingerprint density at radius 3 is 2.75 bits per heavy atom. The first-order chi connectivity index (χ1) is 9.41. The molecule has 1 heterocycles. The second-order valence-electron chi connectivity index (χ2n) is 5.88. The number of amides is 1. The molecule has 1 N–H and O–H groups in total. The van der Waals surface area contributed by atoms with E-state index in [-0.39, 0.29) is 11.3 Å². The van der Waals surface area contributed by atoms with Gasteiger partial charge in [0.05, 0.1) is 11.1 Å². The normalized spacial score (nSPS) is 11.3. The van der Waals surface area contributed by atoms with Crippen LogP contribution in [0.3, 0.4) is 0 Å². The van der Waals surface area contributed by atoms with Gasteiger partial charge in [0.2, 0.25) is 0 Å². The molecule has 2 rings (SSSR count). The summed E-state index contributed by atoms with van der Waals surface area (Å²) in [6.07, 6.45) is 3.27. The number of fused-ring (bicyclic) bond motifs is 1. The van der Waals surface area contributed by atoms with E-state index < -0.39 is 0 Å². The quantitative estimate of drug-likeness (QED) is 0.866. The summed E-state index contributed by atoms with van der Waals surface area (Å²) >= 11 is 0. The van der Waals surface area contributed by atoms with Crippen molar-refractivity contribution in [2.24, 2.45) is 0 Å². The van der Waals surface area contributed by atoms with Crippen LogP contribution in [0.2, 0.25) is 0 Å². The first-order valence-electron chi connectivity index (χ1n) is 6.71. The molecule has 0 saturated heterocycles. The molecule has 3 heteroatoms. The number of aromatic nitrogens is 1. The van der Waals surface area contributed by atoms with Gasteiger partial charge in [0.25, 0.3) is 5.91 Å². The summed E-state index contributed by atoms with van der Waals surface area (Å²) in [5, 5.41) is 3.75. The maximum atomic E-state index is 11.9. The zero-order valence-corrected chi connectivity index (χ0v) is 12.2. The molecule has 0 saturated carbocycles. The fourth-order valence-electron chi connectivity index (χ4n) is 1.99. The maximum absolute atomic E-state index is 11.9. The van der Waals surface area contributed by atoms with E-state index in [0.29, 0.717) is 12.1 Å². The summed E-state index contributed by atoms with van der Waals surface area (Å²) in [6, 6.07) is 8.08. The molecule has 0 fully saturated rings. The molecule has 0 aliphatic heterocycles. The fourth-order valence-corrected chi connectivity index (χ4v) is 1.99. The van der Waals surface area contributed by atoms with Crippen LogP contribution in [-0.2, 0) is 5.41 Å². The zero-order chi connectivity index (χ0) is 14.8. The number of hydrogen-bond donors (Lipinski definition) is 1. The average molecular weight is 268 g/mol. The van der Waals surface area contributed by atoms with Crippen molar-refractivity contribution in [2.75, 3.05) is 6.54 Å². The Morgan fingerprint density at radius 2 is 2.10 bits per heavy atom. The highest BCUT2D eigenvalue weighted by Crippen LogP contribution is 2.25. The lowest BCUT2D eigenvalue weighted by atomic mass is 9.86. The summed E-state index contributed by atoms with van der Waals surface area (Å²) in [4.78, 5) is 16.3. The Morgan fingerprint density at radius 1 is 1.35 bits per heavy atom. The first kappa shape index (κ1) is 14.3. The number of nitrogens with zero attached hydrogens (tertiary/aromatic N) is 1. The Hall–Kier alpha value is -2.16. The monoisotopic (exact) mass is 268 g/mol. The van der Waals surface area contributed by atoms with Crippen molar-refractivity contribution < 1.29 is 4.79 Å². The molecule has 0 unspecified atom stereocenters. The van der Waals surface area contributed by atoms with Crippen molar-refractivity contribution in [3.05, 3.63) is 54.2 Å². The van der Waals surface area contributed by atoms with Crippen LogP contribution in [0.15, 0.2) is 43.1 Å². The molecular weight excluding hydrogens is 248 g/mol. The van der Waals surface area contributed by atoms with Gasteiger partial charge in [-0.05, 0) is 29.2 Å². The number of rotatable bonds is 3. The lowest BCUT2D eigenvalue weighted by Crippen LogP contribution is -2.23. The van der Waals surface area contributed by atoms with Gasteiger partial charge in [0.1, 0.15) is 0 Å². The molecule has 104 valence electrons. The van der Waals surface area contributed by atoms with Crippen LogP contribution in [0.5, 0.6) is 0 Å². The van der Waals surface area contributed by atoms with Gasteiger partial charge in [-0.2, -0.15) is 0 Å². The first-order valence-corrected chi connectivity index (χ1v) is 6.71. The molecule has 1 aromatic heterocycles. The number of benzene rings is 1. The lowest BCUT2D eigenvalue weighted by Gasteiger charge is -2.19. The topological polar surface area (TPSA) is 42.0 Å². The number of nitrogens with one attached hydrogen (secondary N) is 1. The minimum absolute atomic E-state index is 0.0787. The van der Waals surface area contributed by atoms with Gasteiger partial charge in [-0.15, -0.1) is 6.58 Å². The molecule has 0 atom stereocenters. The van der Waals surface area contributed by atoms with Crippen LogP contribution in [0.4, 0.5) is 0 Å². The van der Waals surface area contributed by atoms with Crippen LogP contribution in [0.1, 0.15) is 36.7 Å². The molecule has 0 radical (unpaired) electrons. The molecule has 1 amide bonds. The highest BCUT2D eigenvalue weighted by Gasteiger charge is 2.14. The van der Waals surface area contributed by atoms with E-state index in [1.807, 2.05) is 12.1 Å². The van der Waals surface area contributed by atoms with Gasteiger partial charge < -0.3 is 5.32 Å². The van der Waals surface area contributed by atoms with Gasteiger partial charge >= 0.3 is 0 Å². The SMILES string of the molecule is C=CCNC(=O)c1cnc2ccc(C(C)(C)C)cc2c1. The second-order valence-corrected chi connectivity index (χ2v) is 5.88. The largest absolute Gasteiger partial charge is 0.349 e. The predicted octanol–water partition coefficient (Wildman–Crippen LogP) is 3.45. The number of pyridine rings is 1. The Balaban J connectivity index is 2.41. The lowest BCUT2D eigenvalue weighted by molar-refractivity contribution is 0.0958. The van der Waals surface area contributed by atoms with Gasteiger partial charge in [-0.1, -0.05) is 32.9 Å². The Kier molecular flexibility index (Phi) is 3.89. The van der Waals surface area contributed by atoms with Gasteiger partial charge in [0.15, 0.2) is 0 Å². The minimum Gasteiger partial charge on any atom is -0.349 e. The van der Waals surface area contributed by atoms with E-state index in [2.05, 4.69) is 49.8 Å². The van der Waals surface area contributed by atoms with Crippen molar-refractivity contribution in [3.63, 3.8) is 0 Å².